The third kappa shape index (κ3) is 3.09. The van der Waals surface area contributed by atoms with Crippen LogP contribution in [0.1, 0.15) is 5.56 Å². The summed E-state index contributed by atoms with van der Waals surface area (Å²) in [5.74, 6) is 0. The molecule has 2 aromatic rings. The summed E-state index contributed by atoms with van der Waals surface area (Å²) in [4.78, 5) is 11.2. The highest BCUT2D eigenvalue weighted by atomic mass is 35.5. The van der Waals surface area contributed by atoms with Crippen molar-refractivity contribution in [2.24, 2.45) is 5.10 Å². The highest BCUT2D eigenvalue weighted by Gasteiger charge is 2.02. The lowest BCUT2D eigenvalue weighted by Crippen LogP contribution is -2.10. The highest BCUT2D eigenvalue weighted by molar-refractivity contribution is 6.32. The van der Waals surface area contributed by atoms with Crippen molar-refractivity contribution in [3.05, 3.63) is 56.4 Å². The number of hydrazone groups is 1. The second-order valence-corrected chi connectivity index (χ2v) is 4.16. The van der Waals surface area contributed by atoms with Crippen molar-refractivity contribution in [1.82, 2.24) is 10.2 Å². The fraction of sp³-hybridized carbons (Fsp3) is 0. The lowest BCUT2D eigenvalue weighted by Gasteiger charge is -2.00. The summed E-state index contributed by atoms with van der Waals surface area (Å²) in [5.41, 5.74) is 3.37. The van der Waals surface area contributed by atoms with Crippen LogP contribution in [0.3, 0.4) is 0 Å². The van der Waals surface area contributed by atoms with E-state index in [0.29, 0.717) is 10.7 Å². The molecule has 0 unspecified atom stereocenters. The molecule has 2 N–H and O–H groups in total. The average molecular weight is 283 g/mol. The summed E-state index contributed by atoms with van der Waals surface area (Å²) < 4.78 is 0. The van der Waals surface area contributed by atoms with Gasteiger partial charge in [-0.15, -0.1) is 0 Å². The maximum absolute atomic E-state index is 11.2. The molecule has 0 saturated heterocycles. The molecule has 0 aliphatic heterocycles. The van der Waals surface area contributed by atoms with Crippen molar-refractivity contribution < 1.29 is 0 Å². The van der Waals surface area contributed by atoms with Crippen LogP contribution in [0.5, 0.6) is 0 Å². The average Bonchev–Trinajstić information content (AvgIpc) is 2.37. The summed E-state index contributed by atoms with van der Waals surface area (Å²) in [6, 6.07) is 7.13. The highest BCUT2D eigenvalue weighted by Crippen LogP contribution is 2.14. The Labute approximate surface area is 112 Å². The second kappa shape index (κ2) is 5.66. The minimum atomic E-state index is -0.469. The van der Waals surface area contributed by atoms with E-state index in [1.807, 2.05) is 12.1 Å². The van der Waals surface area contributed by atoms with Crippen LogP contribution >= 0.6 is 23.2 Å². The summed E-state index contributed by atoms with van der Waals surface area (Å²) in [5, 5.41) is 10.4. The topological polar surface area (TPSA) is 70.1 Å². The van der Waals surface area contributed by atoms with Crippen molar-refractivity contribution in [2.45, 2.75) is 0 Å². The zero-order chi connectivity index (χ0) is 13.0. The smallest absolute Gasteiger partial charge is 0.275 e. The van der Waals surface area contributed by atoms with Crippen LogP contribution in [-0.2, 0) is 0 Å². The number of nitrogens with zero attached hydrogens (tertiary/aromatic N) is 2. The Balaban J connectivity index is 2.09. The van der Waals surface area contributed by atoms with Crippen LogP contribution in [0.15, 0.2) is 40.4 Å². The van der Waals surface area contributed by atoms with Gasteiger partial charge in [-0.3, -0.25) is 10.2 Å². The molecule has 1 heterocycles. The fourth-order valence-corrected chi connectivity index (χ4v) is 1.45. The predicted molar refractivity (Wildman–Crippen MR) is 72.5 cm³/mol. The fourth-order valence-electron chi connectivity index (χ4n) is 1.19. The zero-order valence-electron chi connectivity index (χ0n) is 9.02. The Morgan fingerprint density at radius 3 is 2.72 bits per heavy atom. The van der Waals surface area contributed by atoms with Crippen LogP contribution < -0.4 is 11.0 Å². The number of rotatable bonds is 3. The quantitative estimate of drug-likeness (QED) is 0.671. The SMILES string of the molecule is O=c1[nH]ncc(N/N=C/c2ccc(Cl)cc2)c1Cl. The number of benzene rings is 1. The van der Waals surface area contributed by atoms with Crippen molar-refractivity contribution in [2.75, 3.05) is 5.43 Å². The lowest BCUT2D eigenvalue weighted by molar-refractivity contribution is 0.987. The molecule has 18 heavy (non-hydrogen) atoms. The molecule has 92 valence electrons. The summed E-state index contributed by atoms with van der Waals surface area (Å²) >= 11 is 11.5. The number of H-pyrrole nitrogens is 1. The summed E-state index contributed by atoms with van der Waals surface area (Å²) in [7, 11) is 0. The molecule has 0 fully saturated rings. The Kier molecular flexibility index (Phi) is 3.96. The Hall–Kier alpha value is -1.85. The number of aromatic amines is 1. The number of aromatic nitrogens is 2. The molecular weight excluding hydrogens is 275 g/mol. The molecule has 0 bridgehead atoms. The predicted octanol–water partition coefficient (Wildman–Crippen LogP) is 2.52. The van der Waals surface area contributed by atoms with Gasteiger partial charge in [-0.1, -0.05) is 35.3 Å². The monoisotopic (exact) mass is 282 g/mol. The third-order valence-corrected chi connectivity index (χ3v) is 2.69. The molecule has 2 rings (SSSR count). The Morgan fingerprint density at radius 1 is 1.28 bits per heavy atom. The molecule has 0 saturated carbocycles. The van der Waals surface area contributed by atoms with Gasteiger partial charge in [0.05, 0.1) is 12.4 Å². The van der Waals surface area contributed by atoms with Crippen molar-refractivity contribution in [3.8, 4) is 0 Å². The van der Waals surface area contributed by atoms with Crippen LogP contribution in [0.2, 0.25) is 10.0 Å². The van der Waals surface area contributed by atoms with Crippen LogP contribution in [0, 0.1) is 0 Å². The van der Waals surface area contributed by atoms with E-state index in [4.69, 9.17) is 23.2 Å². The number of nitrogens with one attached hydrogen (secondary N) is 2. The van der Waals surface area contributed by atoms with Gasteiger partial charge in [0.15, 0.2) is 0 Å². The molecule has 0 amide bonds. The van der Waals surface area contributed by atoms with Gasteiger partial charge >= 0.3 is 0 Å². The summed E-state index contributed by atoms with van der Waals surface area (Å²) in [6.07, 6.45) is 2.96. The number of anilines is 1. The first kappa shape index (κ1) is 12.6. The number of hydrogen-bond acceptors (Lipinski definition) is 4. The lowest BCUT2D eigenvalue weighted by atomic mass is 10.2. The van der Waals surface area contributed by atoms with Gasteiger partial charge in [0.1, 0.15) is 10.7 Å². The van der Waals surface area contributed by atoms with Crippen LogP contribution in [0.4, 0.5) is 5.69 Å². The molecule has 0 atom stereocenters. The van der Waals surface area contributed by atoms with E-state index in [2.05, 4.69) is 20.7 Å². The number of hydrogen-bond donors (Lipinski definition) is 2. The Bertz CT molecular complexity index is 622. The Morgan fingerprint density at radius 2 is 2.00 bits per heavy atom. The maximum Gasteiger partial charge on any atom is 0.285 e. The van der Waals surface area contributed by atoms with Gasteiger partial charge in [0, 0.05) is 5.02 Å². The van der Waals surface area contributed by atoms with Crippen molar-refractivity contribution >= 4 is 35.1 Å². The first-order valence-corrected chi connectivity index (χ1v) is 5.70. The van der Waals surface area contributed by atoms with Gasteiger partial charge in [0.2, 0.25) is 0 Å². The minimum Gasteiger partial charge on any atom is -0.275 e. The molecule has 5 nitrogen and oxygen atoms in total. The normalized spacial score (nSPS) is 10.8. The van der Waals surface area contributed by atoms with Crippen molar-refractivity contribution in [3.63, 3.8) is 0 Å². The van der Waals surface area contributed by atoms with E-state index >= 15 is 0 Å². The standard InChI is InChI=1S/C11H8Cl2N4O/c12-8-3-1-7(2-4-8)5-14-16-9-6-15-17-11(18)10(9)13/h1-6H,(H2,16,17,18)/b14-5+. The zero-order valence-corrected chi connectivity index (χ0v) is 10.5. The number of halogens is 2. The molecule has 7 heteroatoms. The van der Waals surface area contributed by atoms with Crippen molar-refractivity contribution in [1.29, 1.82) is 0 Å². The van der Waals surface area contributed by atoms with E-state index in [0.717, 1.165) is 5.56 Å². The first-order chi connectivity index (χ1) is 8.66. The largest absolute Gasteiger partial charge is 0.285 e. The third-order valence-electron chi connectivity index (χ3n) is 2.06. The van der Waals surface area contributed by atoms with Gasteiger partial charge in [-0.05, 0) is 17.7 Å². The first-order valence-electron chi connectivity index (χ1n) is 4.94. The van der Waals surface area contributed by atoms with E-state index in [1.54, 1.807) is 18.3 Å². The molecule has 0 radical (unpaired) electrons. The molecular formula is C11H8Cl2N4O. The molecule has 0 aliphatic rings. The van der Waals surface area contributed by atoms with Crippen LogP contribution in [-0.4, -0.2) is 16.4 Å². The summed E-state index contributed by atoms with van der Waals surface area (Å²) in [6.45, 7) is 0. The van der Waals surface area contributed by atoms with E-state index < -0.39 is 5.56 Å². The molecule has 1 aromatic carbocycles. The molecule has 0 aliphatic carbocycles. The van der Waals surface area contributed by atoms with Gasteiger partial charge in [-0.25, -0.2) is 5.10 Å². The van der Waals surface area contributed by atoms with Gasteiger partial charge in [0.25, 0.3) is 5.56 Å². The molecule has 0 spiro atoms. The van der Waals surface area contributed by atoms with Gasteiger partial charge in [-0.2, -0.15) is 10.2 Å². The molecule has 1 aromatic heterocycles. The minimum absolute atomic E-state index is 0.0123. The van der Waals surface area contributed by atoms with Crippen LogP contribution in [0.25, 0.3) is 0 Å². The maximum atomic E-state index is 11.2. The second-order valence-electron chi connectivity index (χ2n) is 3.35. The van der Waals surface area contributed by atoms with E-state index in [-0.39, 0.29) is 5.02 Å². The van der Waals surface area contributed by atoms with Gasteiger partial charge < -0.3 is 0 Å². The van der Waals surface area contributed by atoms with E-state index in [1.165, 1.54) is 6.20 Å². The van der Waals surface area contributed by atoms with E-state index in [9.17, 15) is 4.79 Å².